The first-order chi connectivity index (χ1) is 9.19. The average Bonchev–Trinajstić information content (AvgIpc) is 2.39. The molecule has 1 aromatic rings. The molecule has 1 aliphatic rings. The summed E-state index contributed by atoms with van der Waals surface area (Å²) < 4.78 is 0. The van der Waals surface area contributed by atoms with Gasteiger partial charge in [-0.05, 0) is 26.0 Å². The number of carbonyl (C=O) groups is 1. The fourth-order valence-electron chi connectivity index (χ4n) is 2.30. The van der Waals surface area contributed by atoms with E-state index in [-0.39, 0.29) is 12.5 Å². The van der Waals surface area contributed by atoms with Gasteiger partial charge in [0.2, 0.25) is 0 Å². The molecule has 19 heavy (non-hydrogen) atoms. The van der Waals surface area contributed by atoms with Crippen molar-refractivity contribution in [3.8, 4) is 0 Å². The minimum Gasteiger partial charge on any atom is -0.396 e. The van der Waals surface area contributed by atoms with E-state index in [1.807, 2.05) is 26.0 Å². The van der Waals surface area contributed by atoms with Gasteiger partial charge in [0.25, 0.3) is 5.91 Å². The molecule has 0 aromatic carbocycles. The third kappa shape index (κ3) is 2.87. The van der Waals surface area contributed by atoms with Crippen LogP contribution in [0.3, 0.4) is 0 Å². The Hall–Kier alpha value is -1.62. The molecule has 1 N–H and O–H groups in total. The molecule has 1 aliphatic heterocycles. The highest BCUT2D eigenvalue weighted by molar-refractivity contribution is 5.93. The second-order valence-corrected chi connectivity index (χ2v) is 4.83. The summed E-state index contributed by atoms with van der Waals surface area (Å²) in [6.45, 7) is 7.24. The number of aliphatic hydroxyl groups is 1. The van der Waals surface area contributed by atoms with Gasteiger partial charge in [-0.1, -0.05) is 0 Å². The maximum absolute atomic E-state index is 12.2. The monoisotopic (exact) mass is 263 g/mol. The Balaban J connectivity index is 2.09. The summed E-state index contributed by atoms with van der Waals surface area (Å²) in [6.07, 6.45) is 1.68. The van der Waals surface area contributed by atoms with Crippen molar-refractivity contribution in [1.82, 2.24) is 9.88 Å². The lowest BCUT2D eigenvalue weighted by Crippen LogP contribution is -2.48. The van der Waals surface area contributed by atoms with Crippen molar-refractivity contribution in [3.05, 3.63) is 24.0 Å². The van der Waals surface area contributed by atoms with Gasteiger partial charge in [-0.25, -0.2) is 0 Å². The van der Waals surface area contributed by atoms with Crippen LogP contribution in [0.1, 0.15) is 24.3 Å². The topological polar surface area (TPSA) is 56.7 Å². The van der Waals surface area contributed by atoms with Crippen LogP contribution in [-0.4, -0.2) is 53.7 Å². The second kappa shape index (κ2) is 6.02. The Morgan fingerprint density at radius 1 is 1.47 bits per heavy atom. The third-order valence-corrected chi connectivity index (χ3v) is 3.59. The van der Waals surface area contributed by atoms with Gasteiger partial charge in [0.05, 0.1) is 0 Å². The molecule has 2 rings (SSSR count). The lowest BCUT2D eigenvalue weighted by molar-refractivity contribution is 0.0767. The molecular formula is C14H21N3O2. The highest BCUT2D eigenvalue weighted by Crippen LogP contribution is 2.24. The molecule has 0 saturated carbocycles. The zero-order valence-corrected chi connectivity index (χ0v) is 11.5. The van der Waals surface area contributed by atoms with E-state index in [2.05, 4.69) is 9.88 Å². The first-order valence-electron chi connectivity index (χ1n) is 6.80. The molecule has 5 heteroatoms. The summed E-state index contributed by atoms with van der Waals surface area (Å²) in [7, 11) is 0. The highest BCUT2D eigenvalue weighted by Gasteiger charge is 2.26. The number of hydrogen-bond donors (Lipinski definition) is 1. The van der Waals surface area contributed by atoms with E-state index in [0.717, 1.165) is 18.8 Å². The predicted octanol–water partition coefficient (Wildman–Crippen LogP) is 0.992. The minimum atomic E-state index is -0.0221. The molecule has 104 valence electrons. The molecule has 0 unspecified atom stereocenters. The molecule has 2 heterocycles. The number of rotatable bonds is 5. The summed E-state index contributed by atoms with van der Waals surface area (Å²) in [5.41, 5.74) is 1.50. The van der Waals surface area contributed by atoms with E-state index in [9.17, 15) is 4.79 Å². The minimum absolute atomic E-state index is 0.0221. The van der Waals surface area contributed by atoms with Crippen LogP contribution >= 0.6 is 0 Å². The van der Waals surface area contributed by atoms with Gasteiger partial charge in [-0.15, -0.1) is 0 Å². The standard InChI is InChI=1S/C14H21N3O2/c1-3-16(4-2)14(19)13-7-12(5-6-15-13)17-8-11(9-17)10-18/h5-7,11,18H,3-4,8-10H2,1-2H3. The van der Waals surface area contributed by atoms with E-state index < -0.39 is 0 Å². The van der Waals surface area contributed by atoms with E-state index in [1.165, 1.54) is 0 Å². The lowest BCUT2D eigenvalue weighted by atomic mass is 10.0. The molecule has 1 fully saturated rings. The molecule has 0 spiro atoms. The van der Waals surface area contributed by atoms with E-state index in [0.29, 0.717) is 24.7 Å². The Bertz CT molecular complexity index is 440. The molecule has 1 saturated heterocycles. The number of amides is 1. The molecule has 0 aliphatic carbocycles. The maximum atomic E-state index is 12.2. The molecule has 0 bridgehead atoms. The Morgan fingerprint density at radius 2 is 2.16 bits per heavy atom. The summed E-state index contributed by atoms with van der Waals surface area (Å²) in [5, 5.41) is 9.03. The van der Waals surface area contributed by atoms with Crippen molar-refractivity contribution in [2.45, 2.75) is 13.8 Å². The van der Waals surface area contributed by atoms with Gasteiger partial charge in [0, 0.05) is 50.6 Å². The van der Waals surface area contributed by atoms with Crippen molar-refractivity contribution in [2.75, 3.05) is 37.7 Å². The smallest absolute Gasteiger partial charge is 0.272 e. The highest BCUT2D eigenvalue weighted by atomic mass is 16.3. The van der Waals surface area contributed by atoms with E-state index >= 15 is 0 Å². The van der Waals surface area contributed by atoms with Crippen molar-refractivity contribution in [2.24, 2.45) is 5.92 Å². The van der Waals surface area contributed by atoms with Gasteiger partial charge in [0.1, 0.15) is 5.69 Å². The van der Waals surface area contributed by atoms with Crippen molar-refractivity contribution < 1.29 is 9.90 Å². The summed E-state index contributed by atoms with van der Waals surface area (Å²) in [5.74, 6) is 0.334. The van der Waals surface area contributed by atoms with Crippen LogP contribution < -0.4 is 4.90 Å². The predicted molar refractivity (Wildman–Crippen MR) is 74.3 cm³/mol. The van der Waals surface area contributed by atoms with Crippen LogP contribution in [0.2, 0.25) is 0 Å². The Kier molecular flexibility index (Phi) is 4.37. The summed E-state index contributed by atoms with van der Waals surface area (Å²) >= 11 is 0. The molecule has 5 nitrogen and oxygen atoms in total. The van der Waals surface area contributed by atoms with Gasteiger partial charge >= 0.3 is 0 Å². The number of pyridine rings is 1. The molecular weight excluding hydrogens is 242 g/mol. The van der Waals surface area contributed by atoms with Crippen LogP contribution in [0, 0.1) is 5.92 Å². The number of hydrogen-bond acceptors (Lipinski definition) is 4. The maximum Gasteiger partial charge on any atom is 0.272 e. The first-order valence-corrected chi connectivity index (χ1v) is 6.80. The van der Waals surface area contributed by atoms with Crippen LogP contribution in [0.15, 0.2) is 18.3 Å². The lowest BCUT2D eigenvalue weighted by Gasteiger charge is -2.40. The summed E-state index contributed by atoms with van der Waals surface area (Å²) in [4.78, 5) is 20.3. The van der Waals surface area contributed by atoms with Crippen LogP contribution in [0.25, 0.3) is 0 Å². The fourth-order valence-corrected chi connectivity index (χ4v) is 2.30. The normalized spacial score (nSPS) is 15.2. The fraction of sp³-hybridized carbons (Fsp3) is 0.571. The largest absolute Gasteiger partial charge is 0.396 e. The van der Waals surface area contributed by atoms with Crippen LogP contribution in [0.4, 0.5) is 5.69 Å². The summed E-state index contributed by atoms with van der Waals surface area (Å²) in [6, 6.07) is 3.75. The first kappa shape index (κ1) is 13.8. The van der Waals surface area contributed by atoms with Gasteiger partial charge in [-0.3, -0.25) is 9.78 Å². The van der Waals surface area contributed by atoms with Crippen molar-refractivity contribution in [3.63, 3.8) is 0 Å². The SMILES string of the molecule is CCN(CC)C(=O)c1cc(N2CC(CO)C2)ccn1. The zero-order valence-electron chi connectivity index (χ0n) is 11.5. The van der Waals surface area contributed by atoms with Crippen LogP contribution in [0.5, 0.6) is 0 Å². The molecule has 1 amide bonds. The van der Waals surface area contributed by atoms with Gasteiger partial charge < -0.3 is 14.9 Å². The zero-order chi connectivity index (χ0) is 13.8. The second-order valence-electron chi connectivity index (χ2n) is 4.83. The number of anilines is 1. The molecule has 0 atom stereocenters. The van der Waals surface area contributed by atoms with Crippen LogP contribution in [-0.2, 0) is 0 Å². The van der Waals surface area contributed by atoms with E-state index in [1.54, 1.807) is 11.1 Å². The number of aliphatic hydroxyl groups excluding tert-OH is 1. The molecule has 0 radical (unpaired) electrons. The van der Waals surface area contributed by atoms with Gasteiger partial charge in [-0.2, -0.15) is 0 Å². The number of carbonyl (C=O) groups excluding carboxylic acids is 1. The Morgan fingerprint density at radius 3 is 2.74 bits per heavy atom. The van der Waals surface area contributed by atoms with Crippen molar-refractivity contribution >= 4 is 11.6 Å². The van der Waals surface area contributed by atoms with Crippen molar-refractivity contribution in [1.29, 1.82) is 0 Å². The average molecular weight is 263 g/mol. The number of nitrogens with zero attached hydrogens (tertiary/aromatic N) is 3. The number of aromatic nitrogens is 1. The Labute approximate surface area is 113 Å². The van der Waals surface area contributed by atoms with Gasteiger partial charge in [0.15, 0.2) is 0 Å². The quantitative estimate of drug-likeness (QED) is 0.861. The third-order valence-electron chi connectivity index (χ3n) is 3.59. The van der Waals surface area contributed by atoms with E-state index in [4.69, 9.17) is 5.11 Å². The molecule has 1 aromatic heterocycles.